The van der Waals surface area contributed by atoms with Gasteiger partial charge in [0.1, 0.15) is 0 Å². The zero-order valence-corrected chi connectivity index (χ0v) is 13.4. The van der Waals surface area contributed by atoms with E-state index < -0.39 is 0 Å². The van der Waals surface area contributed by atoms with Gasteiger partial charge in [0.15, 0.2) is 0 Å². The maximum Gasteiger partial charge on any atom is 0.0596 e. The zero-order valence-electron chi connectivity index (χ0n) is 13.4. The number of aliphatic hydroxyl groups is 1. The van der Waals surface area contributed by atoms with Crippen molar-refractivity contribution in [2.24, 2.45) is 34.5 Å². The molecule has 0 spiro atoms. The number of aliphatic hydroxyl groups excluding tert-OH is 1. The van der Waals surface area contributed by atoms with Gasteiger partial charge in [-0.05, 0) is 85.9 Å². The standard InChI is InChI=1S/C19H32O/c1-18-11-4-3-5-13(18)6-7-14-15-8-9-17(20)19(15,2)12-10-16(14)18/h13-17,20H,3-12H2,1-2H3/t13-,14-,15-,16+,17+,18+,19+/m1/s1. The van der Waals surface area contributed by atoms with Gasteiger partial charge >= 0.3 is 0 Å². The van der Waals surface area contributed by atoms with Gasteiger partial charge < -0.3 is 5.11 Å². The first-order chi connectivity index (χ1) is 9.56. The molecule has 0 bridgehead atoms. The highest BCUT2D eigenvalue weighted by atomic mass is 16.3. The number of rotatable bonds is 0. The smallest absolute Gasteiger partial charge is 0.0596 e. The molecule has 1 nitrogen and oxygen atoms in total. The summed E-state index contributed by atoms with van der Waals surface area (Å²) in [6, 6.07) is 0. The molecule has 4 rings (SSSR count). The molecule has 0 unspecified atom stereocenters. The summed E-state index contributed by atoms with van der Waals surface area (Å²) in [4.78, 5) is 0. The third-order valence-electron chi connectivity index (χ3n) is 8.53. The quantitative estimate of drug-likeness (QED) is 0.675. The Morgan fingerprint density at radius 1 is 0.750 bits per heavy atom. The molecule has 4 fully saturated rings. The van der Waals surface area contributed by atoms with Gasteiger partial charge in [-0.1, -0.05) is 26.7 Å². The van der Waals surface area contributed by atoms with Crippen molar-refractivity contribution in [1.82, 2.24) is 0 Å². The Morgan fingerprint density at radius 2 is 1.55 bits per heavy atom. The molecule has 0 saturated heterocycles. The molecular weight excluding hydrogens is 244 g/mol. The first kappa shape index (κ1) is 13.6. The predicted octanol–water partition coefficient (Wildman–Crippen LogP) is 4.78. The second kappa shape index (κ2) is 4.48. The van der Waals surface area contributed by atoms with Crippen LogP contribution < -0.4 is 0 Å². The Hall–Kier alpha value is -0.0400. The molecule has 0 aromatic carbocycles. The second-order valence-corrected chi connectivity index (χ2v) is 9.04. The summed E-state index contributed by atoms with van der Waals surface area (Å²) in [5, 5.41) is 10.5. The minimum atomic E-state index is -0.00895. The lowest BCUT2D eigenvalue weighted by atomic mass is 9.45. The van der Waals surface area contributed by atoms with Crippen molar-refractivity contribution in [3.8, 4) is 0 Å². The molecule has 0 aromatic rings. The van der Waals surface area contributed by atoms with Gasteiger partial charge in [0.2, 0.25) is 0 Å². The Labute approximate surface area is 124 Å². The van der Waals surface area contributed by atoms with Gasteiger partial charge in [0.05, 0.1) is 6.10 Å². The van der Waals surface area contributed by atoms with E-state index in [0.29, 0.717) is 5.41 Å². The fraction of sp³-hybridized carbons (Fsp3) is 1.00. The summed E-state index contributed by atoms with van der Waals surface area (Å²) in [6.07, 6.45) is 14.0. The Balaban J connectivity index is 1.64. The summed E-state index contributed by atoms with van der Waals surface area (Å²) in [6.45, 7) is 5.04. The Kier molecular flexibility index (Phi) is 3.05. The molecule has 4 aliphatic carbocycles. The highest BCUT2D eigenvalue weighted by Crippen LogP contribution is 2.66. The second-order valence-electron chi connectivity index (χ2n) is 9.04. The van der Waals surface area contributed by atoms with Gasteiger partial charge in [-0.15, -0.1) is 0 Å². The lowest BCUT2D eigenvalue weighted by Crippen LogP contribution is -2.53. The number of hydrogen-bond acceptors (Lipinski definition) is 1. The van der Waals surface area contributed by atoms with E-state index in [4.69, 9.17) is 0 Å². The van der Waals surface area contributed by atoms with Crippen LogP contribution in [0.25, 0.3) is 0 Å². The van der Waals surface area contributed by atoms with Gasteiger partial charge in [0, 0.05) is 0 Å². The van der Waals surface area contributed by atoms with E-state index in [1.54, 1.807) is 0 Å². The fourth-order valence-corrected chi connectivity index (χ4v) is 7.27. The van der Waals surface area contributed by atoms with E-state index in [1.165, 1.54) is 57.8 Å². The van der Waals surface area contributed by atoms with E-state index in [2.05, 4.69) is 13.8 Å². The molecule has 1 heteroatoms. The van der Waals surface area contributed by atoms with Crippen LogP contribution in [0.2, 0.25) is 0 Å². The van der Waals surface area contributed by atoms with Crippen LogP contribution in [-0.4, -0.2) is 11.2 Å². The third-order valence-corrected chi connectivity index (χ3v) is 8.53. The molecule has 7 atom stereocenters. The van der Waals surface area contributed by atoms with Crippen molar-refractivity contribution >= 4 is 0 Å². The summed E-state index contributed by atoms with van der Waals surface area (Å²) < 4.78 is 0. The van der Waals surface area contributed by atoms with Crippen molar-refractivity contribution in [3.63, 3.8) is 0 Å². The fourth-order valence-electron chi connectivity index (χ4n) is 7.27. The van der Waals surface area contributed by atoms with Crippen LogP contribution in [0, 0.1) is 34.5 Å². The van der Waals surface area contributed by atoms with E-state index in [1.807, 2.05) is 0 Å². The minimum Gasteiger partial charge on any atom is -0.393 e. The topological polar surface area (TPSA) is 20.2 Å². The first-order valence-corrected chi connectivity index (χ1v) is 9.24. The van der Waals surface area contributed by atoms with Crippen LogP contribution in [0.15, 0.2) is 0 Å². The molecule has 0 amide bonds. The van der Waals surface area contributed by atoms with Crippen LogP contribution in [0.4, 0.5) is 0 Å². The van der Waals surface area contributed by atoms with Gasteiger partial charge in [0.25, 0.3) is 0 Å². The summed E-state index contributed by atoms with van der Waals surface area (Å²) in [7, 11) is 0. The van der Waals surface area contributed by atoms with Gasteiger partial charge in [-0.2, -0.15) is 0 Å². The van der Waals surface area contributed by atoms with Crippen molar-refractivity contribution in [2.45, 2.75) is 84.2 Å². The van der Waals surface area contributed by atoms with Gasteiger partial charge in [-0.25, -0.2) is 0 Å². The molecule has 0 aliphatic heterocycles. The lowest BCUT2D eigenvalue weighted by molar-refractivity contribution is -0.120. The van der Waals surface area contributed by atoms with E-state index in [9.17, 15) is 5.11 Å². The van der Waals surface area contributed by atoms with Crippen LogP contribution in [-0.2, 0) is 0 Å². The van der Waals surface area contributed by atoms with Crippen molar-refractivity contribution in [1.29, 1.82) is 0 Å². The first-order valence-electron chi connectivity index (χ1n) is 9.24. The van der Waals surface area contributed by atoms with Crippen LogP contribution in [0.3, 0.4) is 0 Å². The molecule has 1 N–H and O–H groups in total. The van der Waals surface area contributed by atoms with Crippen LogP contribution >= 0.6 is 0 Å². The van der Waals surface area contributed by atoms with E-state index in [-0.39, 0.29) is 11.5 Å². The SMILES string of the molecule is C[C@]12CC[C@H]3[C@H](CC[C@H]4CCCC[C@@]43C)[C@H]1CC[C@@H]2O. The molecule has 0 heterocycles. The molecular formula is C19H32O. The van der Waals surface area contributed by atoms with E-state index in [0.717, 1.165) is 30.1 Å². The summed E-state index contributed by atoms with van der Waals surface area (Å²) >= 11 is 0. The normalized spacial score (nSPS) is 58.6. The number of fused-ring (bicyclic) bond motifs is 5. The van der Waals surface area contributed by atoms with Crippen molar-refractivity contribution in [3.05, 3.63) is 0 Å². The minimum absolute atomic E-state index is 0.00895. The number of hydrogen-bond donors (Lipinski definition) is 1. The molecule has 114 valence electrons. The Bertz CT molecular complexity index is 391. The maximum atomic E-state index is 10.5. The monoisotopic (exact) mass is 276 g/mol. The molecule has 4 aliphatic rings. The van der Waals surface area contributed by atoms with Crippen molar-refractivity contribution < 1.29 is 5.11 Å². The lowest BCUT2D eigenvalue weighted by Gasteiger charge is -2.60. The summed E-state index contributed by atoms with van der Waals surface area (Å²) in [5.41, 5.74) is 0.912. The molecule has 20 heavy (non-hydrogen) atoms. The average molecular weight is 276 g/mol. The maximum absolute atomic E-state index is 10.5. The third kappa shape index (κ3) is 1.65. The molecule has 0 aromatic heterocycles. The van der Waals surface area contributed by atoms with Crippen LogP contribution in [0.1, 0.15) is 78.1 Å². The average Bonchev–Trinajstić information content (AvgIpc) is 2.74. The van der Waals surface area contributed by atoms with Crippen LogP contribution in [0.5, 0.6) is 0 Å². The highest BCUT2D eigenvalue weighted by molar-refractivity contribution is 5.08. The Morgan fingerprint density at radius 3 is 2.40 bits per heavy atom. The van der Waals surface area contributed by atoms with E-state index >= 15 is 0 Å². The highest BCUT2D eigenvalue weighted by Gasteiger charge is 2.59. The molecule has 0 radical (unpaired) electrons. The summed E-state index contributed by atoms with van der Waals surface area (Å²) in [5.74, 6) is 3.76. The molecule has 4 saturated carbocycles. The largest absolute Gasteiger partial charge is 0.393 e. The van der Waals surface area contributed by atoms with Gasteiger partial charge in [-0.3, -0.25) is 0 Å². The zero-order chi connectivity index (χ0) is 14.0. The van der Waals surface area contributed by atoms with Crippen molar-refractivity contribution in [2.75, 3.05) is 0 Å². The predicted molar refractivity (Wildman–Crippen MR) is 82.4 cm³/mol.